The Labute approximate surface area is 79.5 Å². The zero-order valence-electron chi connectivity index (χ0n) is 7.68. The Balaban J connectivity index is -0.000000135. The van der Waals surface area contributed by atoms with Gasteiger partial charge in [0.25, 0.3) is 0 Å². The summed E-state index contributed by atoms with van der Waals surface area (Å²) in [6.45, 7) is 2.61. The number of carboxylic acid groups (broad SMARTS) is 2. The topological polar surface area (TPSA) is 161 Å². The van der Waals surface area contributed by atoms with Crippen molar-refractivity contribution in [2.75, 3.05) is 0 Å². The smallest absolute Gasteiger partial charge is 0.414 e. The Morgan fingerprint density at radius 2 is 0.857 bits per heavy atom. The lowest BCUT2D eigenvalue weighted by Gasteiger charge is -1.72. The molecule has 0 aliphatic rings. The van der Waals surface area contributed by atoms with Gasteiger partial charge >= 0.3 is 11.9 Å². The van der Waals surface area contributed by atoms with E-state index in [9.17, 15) is 9.59 Å². The number of carbonyl (C=O) groups excluding carboxylic acids is 2. The molecule has 0 fully saturated rings. The Bertz CT molecular complexity index is 192. The first kappa shape index (κ1) is 17.8. The van der Waals surface area contributed by atoms with Crippen molar-refractivity contribution in [1.82, 2.24) is 0 Å². The number of hydrogen-bond donors (Lipinski definition) is 4. The molecule has 14 heavy (non-hydrogen) atoms. The molecule has 0 spiro atoms. The van der Waals surface area contributed by atoms with Crippen LogP contribution in [0.1, 0.15) is 13.8 Å². The van der Waals surface area contributed by atoms with Crippen molar-refractivity contribution in [1.29, 1.82) is 0 Å². The lowest BCUT2D eigenvalue weighted by molar-refractivity contribution is -0.159. The number of amides is 2. The third-order valence-corrected chi connectivity index (χ3v) is 0.183. The van der Waals surface area contributed by atoms with Crippen molar-refractivity contribution < 1.29 is 29.4 Å². The molecular formula is C6H12N2O6. The molecule has 0 aliphatic carbocycles. The van der Waals surface area contributed by atoms with Crippen molar-refractivity contribution in [3.63, 3.8) is 0 Å². The predicted octanol–water partition coefficient (Wildman–Crippen LogP) is -1.86. The van der Waals surface area contributed by atoms with E-state index in [4.69, 9.17) is 19.8 Å². The van der Waals surface area contributed by atoms with Gasteiger partial charge in [0.05, 0.1) is 0 Å². The third kappa shape index (κ3) is 220. The van der Waals surface area contributed by atoms with Crippen molar-refractivity contribution in [2.45, 2.75) is 13.8 Å². The van der Waals surface area contributed by atoms with Crippen molar-refractivity contribution in [3.05, 3.63) is 0 Å². The molecule has 0 aliphatic heterocycles. The summed E-state index contributed by atoms with van der Waals surface area (Å²) < 4.78 is 0. The van der Waals surface area contributed by atoms with E-state index in [1.165, 1.54) is 13.8 Å². The highest BCUT2D eigenvalue weighted by molar-refractivity contribution is 6.27. The van der Waals surface area contributed by atoms with Crippen LogP contribution in [-0.4, -0.2) is 34.0 Å². The van der Waals surface area contributed by atoms with Crippen LogP contribution in [0.3, 0.4) is 0 Å². The van der Waals surface area contributed by atoms with Gasteiger partial charge < -0.3 is 21.7 Å². The minimum atomic E-state index is -1.82. The highest BCUT2D eigenvalue weighted by Crippen LogP contribution is 1.56. The summed E-state index contributed by atoms with van der Waals surface area (Å²) in [5, 5.41) is 14.8. The molecule has 0 atom stereocenters. The predicted molar refractivity (Wildman–Crippen MR) is 45.0 cm³/mol. The maximum Gasteiger partial charge on any atom is 0.414 e. The highest BCUT2D eigenvalue weighted by atomic mass is 16.4. The van der Waals surface area contributed by atoms with Gasteiger partial charge in [-0.25, -0.2) is 9.59 Å². The second-order valence-electron chi connectivity index (χ2n) is 1.83. The molecular weight excluding hydrogens is 196 g/mol. The van der Waals surface area contributed by atoms with Crippen LogP contribution in [-0.2, 0) is 19.2 Å². The van der Waals surface area contributed by atoms with Gasteiger partial charge in [0.1, 0.15) is 0 Å². The molecule has 0 aromatic carbocycles. The average molecular weight is 208 g/mol. The van der Waals surface area contributed by atoms with Crippen LogP contribution < -0.4 is 11.5 Å². The maximum absolute atomic E-state index is 9.22. The van der Waals surface area contributed by atoms with E-state index in [1.54, 1.807) is 0 Å². The molecule has 0 heterocycles. The lowest BCUT2D eigenvalue weighted by atomic mass is 10.7. The minimum absolute atomic E-state index is 0.333. The van der Waals surface area contributed by atoms with Crippen LogP contribution in [0.4, 0.5) is 0 Å². The van der Waals surface area contributed by atoms with E-state index in [0.717, 1.165) is 0 Å². The first-order chi connectivity index (χ1) is 6.11. The number of hydrogen-bond acceptors (Lipinski definition) is 4. The zero-order chi connectivity index (χ0) is 12.3. The summed E-state index contributed by atoms with van der Waals surface area (Å²) >= 11 is 0. The fraction of sp³-hybridized carbons (Fsp3) is 0.333. The molecule has 8 heteroatoms. The van der Waals surface area contributed by atoms with Gasteiger partial charge in [-0.3, -0.25) is 9.59 Å². The van der Waals surface area contributed by atoms with E-state index in [-0.39, 0.29) is 11.8 Å². The standard InChI is InChI=1S/2C2H5NO.C2H2O4/c2*1-2(3)4;3-1(4)2(5)6/h2*1H3,(H2,3,4);(H,3,4)(H,5,6). The fourth-order valence-electron chi connectivity index (χ4n) is 0. The second kappa shape index (κ2) is 10.9. The van der Waals surface area contributed by atoms with E-state index in [0.29, 0.717) is 0 Å². The van der Waals surface area contributed by atoms with Crippen LogP contribution in [0.25, 0.3) is 0 Å². The number of primary amides is 2. The van der Waals surface area contributed by atoms with Gasteiger partial charge in [-0.1, -0.05) is 0 Å². The number of aliphatic carboxylic acids is 2. The van der Waals surface area contributed by atoms with Crippen molar-refractivity contribution in [2.24, 2.45) is 11.5 Å². The van der Waals surface area contributed by atoms with Gasteiger partial charge in [-0.2, -0.15) is 0 Å². The molecule has 0 aromatic heterocycles. The molecule has 0 radical (unpaired) electrons. The molecule has 0 saturated carbocycles. The third-order valence-electron chi connectivity index (χ3n) is 0.183. The Morgan fingerprint density at radius 3 is 0.857 bits per heavy atom. The van der Waals surface area contributed by atoms with Crippen LogP contribution in [0.15, 0.2) is 0 Å². The molecule has 82 valence electrons. The number of carboxylic acids is 2. The van der Waals surface area contributed by atoms with Crippen molar-refractivity contribution in [3.8, 4) is 0 Å². The Morgan fingerprint density at radius 1 is 0.786 bits per heavy atom. The second-order valence-corrected chi connectivity index (χ2v) is 1.83. The Kier molecular flexibility index (Phi) is 13.9. The van der Waals surface area contributed by atoms with Gasteiger partial charge in [0.15, 0.2) is 0 Å². The van der Waals surface area contributed by atoms with Gasteiger partial charge in [0, 0.05) is 13.8 Å². The SMILES string of the molecule is CC(N)=O.CC(N)=O.O=C(O)C(=O)O. The van der Waals surface area contributed by atoms with E-state index >= 15 is 0 Å². The summed E-state index contributed by atoms with van der Waals surface area (Å²) in [6.07, 6.45) is 0. The molecule has 8 nitrogen and oxygen atoms in total. The lowest BCUT2D eigenvalue weighted by Crippen LogP contribution is -2.09. The van der Waals surface area contributed by atoms with E-state index in [2.05, 4.69) is 11.5 Å². The molecule has 0 unspecified atom stereocenters. The summed E-state index contributed by atoms with van der Waals surface area (Å²) in [5.41, 5.74) is 8.94. The van der Waals surface area contributed by atoms with Gasteiger partial charge in [0.2, 0.25) is 11.8 Å². The van der Waals surface area contributed by atoms with Gasteiger partial charge in [-0.15, -0.1) is 0 Å². The van der Waals surface area contributed by atoms with Crippen molar-refractivity contribution >= 4 is 23.8 Å². The maximum atomic E-state index is 9.22. The highest BCUT2D eigenvalue weighted by Gasteiger charge is 2.04. The first-order valence-electron chi connectivity index (χ1n) is 3.09. The van der Waals surface area contributed by atoms with E-state index < -0.39 is 11.9 Å². The van der Waals surface area contributed by atoms with Gasteiger partial charge in [-0.05, 0) is 0 Å². The summed E-state index contributed by atoms with van der Waals surface area (Å²) in [5.74, 6) is -4.31. The average Bonchev–Trinajstić information content (AvgIpc) is 1.83. The van der Waals surface area contributed by atoms with E-state index in [1.807, 2.05) is 0 Å². The number of carbonyl (C=O) groups is 4. The summed E-state index contributed by atoms with van der Waals surface area (Å²) in [6, 6.07) is 0. The Hall–Kier alpha value is -2.12. The molecule has 6 N–H and O–H groups in total. The largest absolute Gasteiger partial charge is 0.473 e. The molecule has 2 amide bonds. The summed E-state index contributed by atoms with van der Waals surface area (Å²) in [4.78, 5) is 36.6. The molecule has 0 aromatic rings. The minimum Gasteiger partial charge on any atom is -0.473 e. The molecule has 0 rings (SSSR count). The normalized spacial score (nSPS) is 6.71. The first-order valence-corrected chi connectivity index (χ1v) is 3.09. The molecule has 0 bridgehead atoms. The number of nitrogens with two attached hydrogens (primary N) is 2. The van der Waals surface area contributed by atoms with Crippen LogP contribution >= 0.6 is 0 Å². The monoisotopic (exact) mass is 208 g/mol. The molecule has 0 saturated heterocycles. The van der Waals surface area contributed by atoms with Crippen LogP contribution in [0.2, 0.25) is 0 Å². The summed E-state index contributed by atoms with van der Waals surface area (Å²) in [7, 11) is 0. The fourth-order valence-corrected chi connectivity index (χ4v) is 0. The number of rotatable bonds is 0. The quantitative estimate of drug-likeness (QED) is 0.341. The zero-order valence-corrected chi connectivity index (χ0v) is 7.68. The van der Waals surface area contributed by atoms with Crippen LogP contribution in [0, 0.1) is 0 Å². The van der Waals surface area contributed by atoms with Crippen LogP contribution in [0.5, 0.6) is 0 Å².